The van der Waals surface area contributed by atoms with Crippen molar-refractivity contribution < 1.29 is 12.8 Å². The van der Waals surface area contributed by atoms with Crippen molar-refractivity contribution in [1.82, 2.24) is 4.98 Å². The number of rotatable bonds is 5. The van der Waals surface area contributed by atoms with Gasteiger partial charge in [-0.1, -0.05) is 40.9 Å². The van der Waals surface area contributed by atoms with Gasteiger partial charge in [-0.15, -0.1) is 0 Å². The largest absolute Gasteiger partial charge is 0.419 e. The van der Waals surface area contributed by atoms with Crippen molar-refractivity contribution in [2.75, 3.05) is 5.32 Å². The van der Waals surface area contributed by atoms with Gasteiger partial charge in [-0.25, -0.2) is 8.42 Å². The lowest BCUT2D eigenvalue weighted by atomic mass is 10.2. The summed E-state index contributed by atoms with van der Waals surface area (Å²) in [5.74, 6) is 0.177. The van der Waals surface area contributed by atoms with Crippen molar-refractivity contribution >= 4 is 44.6 Å². The van der Waals surface area contributed by atoms with E-state index in [0.29, 0.717) is 21.3 Å². The summed E-state index contributed by atoms with van der Waals surface area (Å²) < 4.78 is 32.4. The number of halogens is 2. The molecule has 0 saturated heterocycles. The third-order valence-electron chi connectivity index (χ3n) is 4.38. The molecule has 5 nitrogen and oxygen atoms in total. The summed E-state index contributed by atoms with van der Waals surface area (Å²) in [5.41, 5.74) is 2.16. The van der Waals surface area contributed by atoms with Crippen molar-refractivity contribution in [3.8, 4) is 11.5 Å². The number of oxazole rings is 1. The Bertz CT molecular complexity index is 1280. The fraction of sp³-hybridized carbons (Fsp3) is 0.0455. The standard InChI is InChI=1S/C22H16Cl2N2O3S/c1-14-2-12-19(13-3-14)30(27,28)22-21(25-18-10-8-17(24)9-11-18)29-20(26-22)15-4-6-16(23)7-5-15/h2-13,25H,1H3. The maximum Gasteiger partial charge on any atom is 0.238 e. The summed E-state index contributed by atoms with van der Waals surface area (Å²) in [6.45, 7) is 1.89. The first-order valence-electron chi connectivity index (χ1n) is 8.94. The van der Waals surface area contributed by atoms with Crippen LogP contribution in [-0.2, 0) is 9.84 Å². The van der Waals surface area contributed by atoms with E-state index >= 15 is 0 Å². The Morgan fingerprint density at radius 3 is 2.00 bits per heavy atom. The highest BCUT2D eigenvalue weighted by Crippen LogP contribution is 2.34. The van der Waals surface area contributed by atoms with Crippen molar-refractivity contribution in [3.63, 3.8) is 0 Å². The number of nitrogens with one attached hydrogen (secondary N) is 1. The van der Waals surface area contributed by atoms with Gasteiger partial charge in [-0.05, 0) is 67.6 Å². The van der Waals surface area contributed by atoms with Gasteiger partial charge in [0.2, 0.25) is 26.6 Å². The molecule has 0 fully saturated rings. The minimum Gasteiger partial charge on any atom is -0.419 e. The van der Waals surface area contributed by atoms with Crippen molar-refractivity contribution in [1.29, 1.82) is 0 Å². The molecule has 0 spiro atoms. The van der Waals surface area contributed by atoms with E-state index in [0.717, 1.165) is 5.56 Å². The lowest BCUT2D eigenvalue weighted by Gasteiger charge is -2.06. The summed E-state index contributed by atoms with van der Waals surface area (Å²) in [7, 11) is -3.93. The average Bonchev–Trinajstić information content (AvgIpc) is 3.15. The molecule has 8 heteroatoms. The van der Waals surface area contributed by atoms with Gasteiger partial charge in [0, 0.05) is 21.3 Å². The molecule has 0 aliphatic heterocycles. The maximum atomic E-state index is 13.3. The van der Waals surface area contributed by atoms with Gasteiger partial charge in [0.15, 0.2) is 0 Å². The van der Waals surface area contributed by atoms with Crippen LogP contribution in [0.5, 0.6) is 0 Å². The van der Waals surface area contributed by atoms with E-state index in [1.807, 2.05) is 6.92 Å². The lowest BCUT2D eigenvalue weighted by molar-refractivity contribution is 0.582. The number of hydrogen-bond donors (Lipinski definition) is 1. The number of hydrogen-bond acceptors (Lipinski definition) is 5. The van der Waals surface area contributed by atoms with Crippen LogP contribution >= 0.6 is 23.2 Å². The maximum absolute atomic E-state index is 13.3. The molecule has 30 heavy (non-hydrogen) atoms. The SMILES string of the molecule is Cc1ccc(S(=O)(=O)c2nc(-c3ccc(Cl)cc3)oc2Nc2ccc(Cl)cc2)cc1. The van der Waals surface area contributed by atoms with E-state index in [2.05, 4.69) is 10.3 Å². The Kier molecular flexibility index (Phi) is 5.56. The minimum atomic E-state index is -3.93. The molecule has 0 saturated carbocycles. The third-order valence-corrected chi connectivity index (χ3v) is 6.56. The Labute approximate surface area is 184 Å². The highest BCUT2D eigenvalue weighted by Gasteiger charge is 2.28. The zero-order valence-corrected chi connectivity index (χ0v) is 18.1. The molecule has 0 aliphatic carbocycles. The van der Waals surface area contributed by atoms with Crippen molar-refractivity contribution in [3.05, 3.63) is 88.4 Å². The molecule has 152 valence electrons. The third kappa shape index (κ3) is 4.21. The van der Waals surface area contributed by atoms with E-state index in [4.69, 9.17) is 27.6 Å². The van der Waals surface area contributed by atoms with E-state index in [9.17, 15) is 8.42 Å². The molecule has 4 aromatic rings. The summed E-state index contributed by atoms with van der Waals surface area (Å²) >= 11 is 11.9. The fourth-order valence-corrected chi connectivity index (χ4v) is 4.29. The monoisotopic (exact) mass is 458 g/mol. The zero-order valence-electron chi connectivity index (χ0n) is 15.8. The second-order valence-corrected chi connectivity index (χ2v) is 9.35. The summed E-state index contributed by atoms with van der Waals surface area (Å²) in [5, 5.41) is 3.91. The van der Waals surface area contributed by atoms with Crippen LogP contribution in [-0.4, -0.2) is 13.4 Å². The fourth-order valence-electron chi connectivity index (χ4n) is 2.78. The van der Waals surface area contributed by atoms with Gasteiger partial charge in [0.25, 0.3) is 0 Å². The topological polar surface area (TPSA) is 72.2 Å². The normalized spacial score (nSPS) is 11.4. The average molecular weight is 459 g/mol. The predicted octanol–water partition coefficient (Wildman–Crippen LogP) is 6.53. The summed E-state index contributed by atoms with van der Waals surface area (Å²) in [4.78, 5) is 4.44. The van der Waals surface area contributed by atoms with Crippen LogP contribution in [0.1, 0.15) is 5.56 Å². The molecule has 3 aromatic carbocycles. The van der Waals surface area contributed by atoms with Crippen LogP contribution in [0.4, 0.5) is 11.6 Å². The van der Waals surface area contributed by atoms with E-state index in [1.54, 1.807) is 72.8 Å². The van der Waals surface area contributed by atoms with Gasteiger partial charge in [-0.3, -0.25) is 0 Å². The van der Waals surface area contributed by atoms with Gasteiger partial charge in [-0.2, -0.15) is 4.98 Å². The van der Waals surface area contributed by atoms with E-state index in [-0.39, 0.29) is 21.7 Å². The Morgan fingerprint density at radius 1 is 0.833 bits per heavy atom. The second-order valence-electron chi connectivity index (χ2n) is 6.61. The highest BCUT2D eigenvalue weighted by atomic mass is 35.5. The van der Waals surface area contributed by atoms with Gasteiger partial charge < -0.3 is 9.73 Å². The van der Waals surface area contributed by atoms with E-state index < -0.39 is 9.84 Å². The number of aromatic nitrogens is 1. The number of aryl methyl sites for hydroxylation is 1. The minimum absolute atomic E-state index is 0.0165. The zero-order chi connectivity index (χ0) is 21.3. The van der Waals surface area contributed by atoms with Crippen LogP contribution in [0.2, 0.25) is 10.0 Å². The highest BCUT2D eigenvalue weighted by molar-refractivity contribution is 7.91. The molecule has 0 amide bonds. The van der Waals surface area contributed by atoms with Crippen LogP contribution in [0.15, 0.2) is 87.1 Å². The molecular weight excluding hydrogens is 443 g/mol. The quantitative estimate of drug-likeness (QED) is 0.367. The Morgan fingerprint density at radius 2 is 1.40 bits per heavy atom. The van der Waals surface area contributed by atoms with Gasteiger partial charge in [0.1, 0.15) is 0 Å². The number of sulfone groups is 1. The Balaban J connectivity index is 1.83. The molecule has 1 heterocycles. The first-order valence-corrected chi connectivity index (χ1v) is 11.2. The van der Waals surface area contributed by atoms with Crippen molar-refractivity contribution in [2.45, 2.75) is 16.8 Å². The second kappa shape index (κ2) is 8.14. The summed E-state index contributed by atoms with van der Waals surface area (Å²) in [6.07, 6.45) is 0. The molecular formula is C22H16Cl2N2O3S. The summed E-state index contributed by atoms with van der Waals surface area (Å²) in [6, 6.07) is 20.2. The van der Waals surface area contributed by atoms with Crippen LogP contribution < -0.4 is 5.32 Å². The van der Waals surface area contributed by atoms with Crippen LogP contribution in [0.25, 0.3) is 11.5 Å². The molecule has 1 aromatic heterocycles. The molecule has 0 aliphatic rings. The van der Waals surface area contributed by atoms with E-state index in [1.165, 1.54) is 0 Å². The molecule has 0 radical (unpaired) electrons. The number of benzene rings is 3. The Hall–Kier alpha value is -2.80. The lowest BCUT2D eigenvalue weighted by Crippen LogP contribution is -2.05. The first kappa shape index (κ1) is 20.5. The van der Waals surface area contributed by atoms with Gasteiger partial charge in [0.05, 0.1) is 4.90 Å². The number of anilines is 2. The van der Waals surface area contributed by atoms with Crippen LogP contribution in [0, 0.1) is 6.92 Å². The predicted molar refractivity (Wildman–Crippen MR) is 118 cm³/mol. The first-order chi connectivity index (χ1) is 14.3. The molecule has 0 unspecified atom stereocenters. The molecule has 1 N–H and O–H groups in total. The van der Waals surface area contributed by atoms with Gasteiger partial charge >= 0.3 is 0 Å². The van der Waals surface area contributed by atoms with Crippen molar-refractivity contribution in [2.24, 2.45) is 0 Å². The van der Waals surface area contributed by atoms with Crippen LogP contribution in [0.3, 0.4) is 0 Å². The number of nitrogens with zero attached hydrogens (tertiary/aromatic N) is 1. The molecule has 0 atom stereocenters. The smallest absolute Gasteiger partial charge is 0.238 e. The molecule has 4 rings (SSSR count). The molecule has 0 bridgehead atoms.